The summed E-state index contributed by atoms with van der Waals surface area (Å²) in [5.41, 5.74) is 0. The standard InChI is InChI=1S/C16H34OS.C2H4O2/c1-16(17)14-12-10-8-6-4-2-3-5-7-9-11-13-15-18;1-2(3)4/h16-18H,2-15H2,1H3;1H3,(H,3,4). The molecule has 22 heavy (non-hydrogen) atoms. The molecule has 4 heteroatoms. The Bertz CT molecular complexity index is 216. The van der Waals surface area contributed by atoms with Gasteiger partial charge in [-0.2, -0.15) is 12.6 Å². The van der Waals surface area contributed by atoms with E-state index in [1.54, 1.807) is 0 Å². The molecule has 0 saturated carbocycles. The molecule has 0 aromatic carbocycles. The maximum absolute atomic E-state index is 9.13. The summed E-state index contributed by atoms with van der Waals surface area (Å²) in [6.07, 6.45) is 17.3. The maximum atomic E-state index is 9.13. The van der Waals surface area contributed by atoms with Gasteiger partial charge in [-0.3, -0.25) is 4.79 Å². The number of hydrogen-bond acceptors (Lipinski definition) is 3. The van der Waals surface area contributed by atoms with Crippen LogP contribution in [0.15, 0.2) is 0 Å². The van der Waals surface area contributed by atoms with Crippen LogP contribution in [0.25, 0.3) is 0 Å². The third-order valence-corrected chi connectivity index (χ3v) is 3.85. The Morgan fingerprint density at radius 1 is 0.818 bits per heavy atom. The fraction of sp³-hybridized carbons (Fsp3) is 0.944. The monoisotopic (exact) mass is 334 g/mol. The lowest BCUT2D eigenvalue weighted by Crippen LogP contribution is -1.98. The fourth-order valence-corrected chi connectivity index (χ4v) is 2.54. The van der Waals surface area contributed by atoms with Crippen LogP contribution in [0.5, 0.6) is 0 Å². The van der Waals surface area contributed by atoms with Crippen LogP contribution < -0.4 is 0 Å². The SMILES string of the molecule is CC(=O)O.CC(O)CCCCCCCCCCCCCCS. The van der Waals surface area contributed by atoms with Gasteiger partial charge in [0.25, 0.3) is 5.97 Å². The van der Waals surface area contributed by atoms with E-state index in [-0.39, 0.29) is 6.10 Å². The molecule has 0 radical (unpaired) electrons. The summed E-state index contributed by atoms with van der Waals surface area (Å²) in [7, 11) is 0. The smallest absolute Gasteiger partial charge is 0.300 e. The average Bonchev–Trinajstić information content (AvgIpc) is 2.43. The van der Waals surface area contributed by atoms with Gasteiger partial charge >= 0.3 is 0 Å². The minimum atomic E-state index is -0.833. The summed E-state index contributed by atoms with van der Waals surface area (Å²) in [6.45, 7) is 2.97. The van der Waals surface area contributed by atoms with E-state index in [0.29, 0.717) is 0 Å². The van der Waals surface area contributed by atoms with E-state index in [2.05, 4.69) is 12.6 Å². The molecule has 0 saturated heterocycles. The summed E-state index contributed by atoms with van der Waals surface area (Å²) >= 11 is 4.22. The number of aliphatic hydroxyl groups is 1. The predicted molar refractivity (Wildman–Crippen MR) is 98.9 cm³/mol. The second-order valence-electron chi connectivity index (χ2n) is 6.12. The lowest BCUT2D eigenvalue weighted by atomic mass is 10.0. The number of carboxylic acid groups (broad SMARTS) is 1. The van der Waals surface area contributed by atoms with Crippen molar-refractivity contribution in [1.82, 2.24) is 0 Å². The van der Waals surface area contributed by atoms with Crippen molar-refractivity contribution in [3.05, 3.63) is 0 Å². The molecular weight excluding hydrogens is 296 g/mol. The van der Waals surface area contributed by atoms with E-state index in [1.807, 2.05) is 6.92 Å². The van der Waals surface area contributed by atoms with Crippen LogP contribution in [0.1, 0.15) is 97.3 Å². The normalized spacial score (nSPS) is 11.6. The molecule has 0 heterocycles. The van der Waals surface area contributed by atoms with Crippen LogP contribution in [-0.4, -0.2) is 28.0 Å². The number of aliphatic carboxylic acids is 1. The first-order chi connectivity index (χ1) is 10.5. The predicted octanol–water partition coefficient (Wildman–Crippen LogP) is 5.46. The molecule has 0 amide bonds. The first kappa shape index (κ1) is 24.0. The first-order valence-corrected chi connectivity index (χ1v) is 9.62. The van der Waals surface area contributed by atoms with Gasteiger partial charge in [0.2, 0.25) is 0 Å². The molecule has 1 unspecified atom stereocenters. The summed E-state index contributed by atoms with van der Waals surface area (Å²) < 4.78 is 0. The molecule has 0 aromatic heterocycles. The van der Waals surface area contributed by atoms with Gasteiger partial charge in [-0.15, -0.1) is 0 Å². The second kappa shape index (κ2) is 20.8. The zero-order chi connectivity index (χ0) is 17.1. The van der Waals surface area contributed by atoms with Crippen LogP contribution in [0.4, 0.5) is 0 Å². The summed E-state index contributed by atoms with van der Waals surface area (Å²) in [5, 5.41) is 16.5. The molecular formula is C18H38O3S. The van der Waals surface area contributed by atoms with E-state index in [9.17, 15) is 0 Å². The van der Waals surface area contributed by atoms with Gasteiger partial charge in [0, 0.05) is 6.92 Å². The Morgan fingerprint density at radius 3 is 1.36 bits per heavy atom. The number of aliphatic hydroxyl groups excluding tert-OH is 1. The Kier molecular flexibility index (Phi) is 22.7. The van der Waals surface area contributed by atoms with Gasteiger partial charge in [-0.05, 0) is 25.5 Å². The Labute approximate surface area is 143 Å². The molecule has 0 aliphatic rings. The number of hydrogen-bond donors (Lipinski definition) is 3. The topological polar surface area (TPSA) is 57.5 Å². The summed E-state index contributed by atoms with van der Waals surface area (Å²) in [4.78, 5) is 9.00. The molecule has 134 valence electrons. The number of thiol groups is 1. The summed E-state index contributed by atoms with van der Waals surface area (Å²) in [5.74, 6) is 0.217. The van der Waals surface area contributed by atoms with Crippen LogP contribution in [-0.2, 0) is 4.79 Å². The van der Waals surface area contributed by atoms with Gasteiger partial charge in [-0.1, -0.05) is 70.6 Å². The van der Waals surface area contributed by atoms with Gasteiger partial charge < -0.3 is 10.2 Å². The Balaban J connectivity index is 0. The first-order valence-electron chi connectivity index (χ1n) is 8.99. The molecule has 0 aliphatic carbocycles. The van der Waals surface area contributed by atoms with Crippen LogP contribution in [0.3, 0.4) is 0 Å². The molecule has 3 nitrogen and oxygen atoms in total. The number of rotatable bonds is 14. The molecule has 2 N–H and O–H groups in total. The van der Waals surface area contributed by atoms with E-state index >= 15 is 0 Å². The number of carboxylic acids is 1. The third-order valence-electron chi connectivity index (χ3n) is 3.53. The second-order valence-corrected chi connectivity index (χ2v) is 6.57. The highest BCUT2D eigenvalue weighted by molar-refractivity contribution is 7.80. The highest BCUT2D eigenvalue weighted by Gasteiger charge is 1.96. The molecule has 0 rings (SSSR count). The molecule has 0 bridgehead atoms. The van der Waals surface area contributed by atoms with E-state index in [4.69, 9.17) is 15.0 Å². The number of carbonyl (C=O) groups is 1. The molecule has 0 aromatic rings. The van der Waals surface area contributed by atoms with Gasteiger partial charge in [0.1, 0.15) is 0 Å². The minimum Gasteiger partial charge on any atom is -0.481 e. The van der Waals surface area contributed by atoms with Crippen molar-refractivity contribution in [2.24, 2.45) is 0 Å². The maximum Gasteiger partial charge on any atom is 0.300 e. The van der Waals surface area contributed by atoms with E-state index in [0.717, 1.165) is 19.1 Å². The van der Waals surface area contributed by atoms with E-state index < -0.39 is 5.97 Å². The van der Waals surface area contributed by atoms with Crippen molar-refractivity contribution in [1.29, 1.82) is 0 Å². The van der Waals surface area contributed by atoms with Gasteiger partial charge in [0.15, 0.2) is 0 Å². The molecule has 0 fully saturated rings. The van der Waals surface area contributed by atoms with Crippen molar-refractivity contribution in [3.8, 4) is 0 Å². The van der Waals surface area contributed by atoms with Crippen molar-refractivity contribution in [2.75, 3.05) is 5.75 Å². The van der Waals surface area contributed by atoms with Crippen LogP contribution in [0.2, 0.25) is 0 Å². The highest BCUT2D eigenvalue weighted by atomic mass is 32.1. The minimum absolute atomic E-state index is 0.104. The lowest BCUT2D eigenvalue weighted by molar-refractivity contribution is -0.134. The van der Waals surface area contributed by atoms with E-state index in [1.165, 1.54) is 77.0 Å². The Hall–Kier alpha value is -0.220. The lowest BCUT2D eigenvalue weighted by Gasteiger charge is -2.04. The van der Waals surface area contributed by atoms with Crippen molar-refractivity contribution in [3.63, 3.8) is 0 Å². The van der Waals surface area contributed by atoms with Crippen molar-refractivity contribution >= 4 is 18.6 Å². The van der Waals surface area contributed by atoms with Crippen molar-refractivity contribution in [2.45, 2.75) is 103 Å². The molecule has 1 atom stereocenters. The van der Waals surface area contributed by atoms with Crippen LogP contribution in [0, 0.1) is 0 Å². The van der Waals surface area contributed by atoms with Crippen LogP contribution >= 0.6 is 12.6 Å². The molecule has 0 aliphatic heterocycles. The van der Waals surface area contributed by atoms with Crippen molar-refractivity contribution < 1.29 is 15.0 Å². The summed E-state index contributed by atoms with van der Waals surface area (Å²) in [6, 6.07) is 0. The third kappa shape index (κ3) is 31.9. The highest BCUT2D eigenvalue weighted by Crippen LogP contribution is 2.13. The number of unbranched alkanes of at least 4 members (excludes halogenated alkanes) is 11. The van der Waals surface area contributed by atoms with Gasteiger partial charge in [-0.25, -0.2) is 0 Å². The largest absolute Gasteiger partial charge is 0.481 e. The Morgan fingerprint density at radius 2 is 1.09 bits per heavy atom. The average molecular weight is 335 g/mol. The quantitative estimate of drug-likeness (QED) is 0.292. The zero-order valence-electron chi connectivity index (χ0n) is 14.7. The fourth-order valence-electron chi connectivity index (χ4n) is 2.32. The zero-order valence-corrected chi connectivity index (χ0v) is 15.6. The van der Waals surface area contributed by atoms with Gasteiger partial charge in [0.05, 0.1) is 6.10 Å². The molecule has 0 spiro atoms.